The van der Waals surface area contributed by atoms with Gasteiger partial charge in [-0.2, -0.15) is 0 Å². The van der Waals surface area contributed by atoms with Gasteiger partial charge in [0.05, 0.1) is 12.1 Å². The summed E-state index contributed by atoms with van der Waals surface area (Å²) in [5, 5.41) is 12.9. The molecular formula is C24H43NO2. The van der Waals surface area contributed by atoms with E-state index in [2.05, 4.69) is 36.5 Å². The van der Waals surface area contributed by atoms with Gasteiger partial charge in [0.25, 0.3) is 0 Å². The highest BCUT2D eigenvalue weighted by molar-refractivity contribution is 5.76. The summed E-state index contributed by atoms with van der Waals surface area (Å²) in [4.78, 5) is 12.0. The van der Waals surface area contributed by atoms with Crippen molar-refractivity contribution in [1.82, 2.24) is 5.32 Å². The predicted molar refractivity (Wildman–Crippen MR) is 116 cm³/mol. The van der Waals surface area contributed by atoms with Crippen molar-refractivity contribution in [2.45, 2.75) is 122 Å². The highest BCUT2D eigenvalue weighted by Crippen LogP contribution is 2.18. The lowest BCUT2D eigenvalue weighted by atomic mass is 9.92. The van der Waals surface area contributed by atoms with Crippen molar-refractivity contribution in [2.24, 2.45) is 0 Å². The van der Waals surface area contributed by atoms with Crippen LogP contribution in [0.3, 0.4) is 0 Å². The number of unbranched alkanes of at least 4 members (excludes halogenated alkanes) is 8. The minimum atomic E-state index is -0.340. The molecule has 0 aliphatic heterocycles. The van der Waals surface area contributed by atoms with Gasteiger partial charge in [-0.05, 0) is 51.4 Å². The van der Waals surface area contributed by atoms with Crippen LogP contribution in [0.2, 0.25) is 0 Å². The molecule has 1 rings (SSSR count). The maximum Gasteiger partial charge on any atom is 0.220 e. The van der Waals surface area contributed by atoms with Crippen LogP contribution in [0.1, 0.15) is 110 Å². The van der Waals surface area contributed by atoms with E-state index < -0.39 is 0 Å². The molecule has 0 saturated heterocycles. The largest absolute Gasteiger partial charge is 0.391 e. The topological polar surface area (TPSA) is 49.3 Å². The highest BCUT2D eigenvalue weighted by atomic mass is 16.3. The Morgan fingerprint density at radius 2 is 1.52 bits per heavy atom. The number of aliphatic hydroxyl groups excluding tert-OH is 1. The lowest BCUT2D eigenvalue weighted by Gasteiger charge is -2.28. The summed E-state index contributed by atoms with van der Waals surface area (Å²) in [6, 6.07) is -0.00998. The third-order valence-electron chi connectivity index (χ3n) is 5.43. The molecule has 156 valence electrons. The van der Waals surface area contributed by atoms with Gasteiger partial charge in [-0.3, -0.25) is 4.79 Å². The smallest absolute Gasteiger partial charge is 0.220 e. The van der Waals surface area contributed by atoms with Crippen molar-refractivity contribution >= 4 is 5.91 Å². The van der Waals surface area contributed by atoms with Gasteiger partial charge in [-0.15, -0.1) is 0 Å². The molecule has 1 saturated carbocycles. The molecule has 0 aromatic carbocycles. The van der Waals surface area contributed by atoms with Gasteiger partial charge in [-0.1, -0.05) is 76.2 Å². The first-order valence-corrected chi connectivity index (χ1v) is 11.5. The van der Waals surface area contributed by atoms with Crippen LogP contribution < -0.4 is 5.32 Å². The van der Waals surface area contributed by atoms with E-state index in [1.54, 1.807) is 0 Å². The zero-order chi connectivity index (χ0) is 19.6. The third-order valence-corrected chi connectivity index (χ3v) is 5.43. The minimum Gasteiger partial charge on any atom is -0.391 e. The maximum atomic E-state index is 12.0. The van der Waals surface area contributed by atoms with E-state index in [0.717, 1.165) is 44.9 Å². The van der Waals surface area contributed by atoms with Crippen LogP contribution in [0.4, 0.5) is 0 Å². The third kappa shape index (κ3) is 13.7. The number of allylic oxidation sites excluding steroid dienone is 4. The van der Waals surface area contributed by atoms with E-state index in [0.29, 0.717) is 6.42 Å². The maximum absolute atomic E-state index is 12.0. The molecule has 0 radical (unpaired) electrons. The van der Waals surface area contributed by atoms with E-state index in [1.165, 1.54) is 51.4 Å². The molecule has 27 heavy (non-hydrogen) atoms. The normalized spacial score (nSPS) is 20.5. The fraction of sp³-hybridized carbons (Fsp3) is 0.792. The Balaban J connectivity index is 1.87. The zero-order valence-electron chi connectivity index (χ0n) is 17.6. The van der Waals surface area contributed by atoms with E-state index in [9.17, 15) is 9.90 Å². The van der Waals surface area contributed by atoms with Gasteiger partial charge in [0.2, 0.25) is 5.91 Å². The lowest BCUT2D eigenvalue weighted by Crippen LogP contribution is -2.44. The molecule has 0 heterocycles. The molecule has 1 fully saturated rings. The average molecular weight is 378 g/mol. The Kier molecular flexibility index (Phi) is 15.1. The number of carbonyl (C=O) groups excluding carboxylic acids is 1. The molecule has 0 unspecified atom stereocenters. The molecule has 2 N–H and O–H groups in total. The number of hydrogen-bond acceptors (Lipinski definition) is 2. The van der Waals surface area contributed by atoms with Crippen LogP contribution >= 0.6 is 0 Å². The Hall–Kier alpha value is -1.09. The second-order valence-electron chi connectivity index (χ2n) is 8.01. The summed E-state index contributed by atoms with van der Waals surface area (Å²) in [6.45, 7) is 2.24. The molecule has 2 atom stereocenters. The van der Waals surface area contributed by atoms with Crippen LogP contribution in [0.25, 0.3) is 0 Å². The second-order valence-corrected chi connectivity index (χ2v) is 8.01. The van der Waals surface area contributed by atoms with Crippen LogP contribution in [-0.2, 0) is 4.79 Å². The first-order valence-electron chi connectivity index (χ1n) is 11.5. The fourth-order valence-electron chi connectivity index (χ4n) is 3.66. The number of rotatable bonds is 15. The quantitative estimate of drug-likeness (QED) is 0.263. The SMILES string of the molecule is CCCCCC=CCC=CCCCCCCCC(=O)N[C@H]1CCCC[C@@H]1O. The monoisotopic (exact) mass is 377 g/mol. The van der Waals surface area contributed by atoms with Crippen LogP contribution in [0.15, 0.2) is 24.3 Å². The molecule has 1 aliphatic carbocycles. The van der Waals surface area contributed by atoms with Crippen LogP contribution in [0, 0.1) is 0 Å². The first kappa shape index (κ1) is 23.9. The zero-order valence-corrected chi connectivity index (χ0v) is 17.6. The van der Waals surface area contributed by atoms with Crippen molar-refractivity contribution in [3.05, 3.63) is 24.3 Å². The predicted octanol–water partition coefficient (Wildman–Crippen LogP) is 6.22. The van der Waals surface area contributed by atoms with Crippen molar-refractivity contribution in [3.8, 4) is 0 Å². The summed E-state index contributed by atoms with van der Waals surface area (Å²) < 4.78 is 0. The van der Waals surface area contributed by atoms with Crippen LogP contribution in [-0.4, -0.2) is 23.2 Å². The van der Waals surface area contributed by atoms with E-state index in [-0.39, 0.29) is 18.1 Å². The van der Waals surface area contributed by atoms with E-state index in [4.69, 9.17) is 0 Å². The molecule has 0 aromatic heterocycles. The molecule has 1 aliphatic rings. The first-order chi connectivity index (χ1) is 13.2. The molecular weight excluding hydrogens is 334 g/mol. The molecule has 0 spiro atoms. The van der Waals surface area contributed by atoms with E-state index in [1.807, 2.05) is 0 Å². The van der Waals surface area contributed by atoms with Gasteiger partial charge in [0.15, 0.2) is 0 Å². The Labute approximate surface area is 167 Å². The van der Waals surface area contributed by atoms with Crippen LogP contribution in [0.5, 0.6) is 0 Å². The van der Waals surface area contributed by atoms with Gasteiger partial charge in [-0.25, -0.2) is 0 Å². The van der Waals surface area contributed by atoms with Crippen molar-refractivity contribution < 1.29 is 9.90 Å². The van der Waals surface area contributed by atoms with Crippen molar-refractivity contribution in [2.75, 3.05) is 0 Å². The van der Waals surface area contributed by atoms with Gasteiger partial charge in [0.1, 0.15) is 0 Å². The fourth-order valence-corrected chi connectivity index (χ4v) is 3.66. The number of aliphatic hydroxyl groups is 1. The Morgan fingerprint density at radius 3 is 2.22 bits per heavy atom. The molecule has 0 bridgehead atoms. The Morgan fingerprint density at radius 1 is 0.889 bits per heavy atom. The molecule has 1 amide bonds. The van der Waals surface area contributed by atoms with Gasteiger partial charge < -0.3 is 10.4 Å². The second kappa shape index (κ2) is 17.0. The Bertz CT molecular complexity index is 417. The highest BCUT2D eigenvalue weighted by Gasteiger charge is 2.23. The number of amides is 1. The summed E-state index contributed by atoms with van der Waals surface area (Å²) in [5.41, 5.74) is 0. The average Bonchev–Trinajstić information content (AvgIpc) is 2.66. The standard InChI is InChI=1S/C24H43NO2/c1-2-3-4-5-6-7-8-9-10-11-12-13-14-15-16-21-24(27)25-22-19-17-18-20-23(22)26/h6-7,9-10,22-23,26H,2-5,8,11-21H2,1H3,(H,25,27)/t22-,23-/m0/s1. The molecule has 3 nitrogen and oxygen atoms in total. The summed E-state index contributed by atoms with van der Waals surface area (Å²) in [5.74, 6) is 0.117. The van der Waals surface area contributed by atoms with E-state index >= 15 is 0 Å². The molecule has 3 heteroatoms. The number of nitrogens with one attached hydrogen (secondary N) is 1. The van der Waals surface area contributed by atoms with Crippen molar-refractivity contribution in [3.63, 3.8) is 0 Å². The summed E-state index contributed by atoms with van der Waals surface area (Å²) in [6.07, 6.45) is 26.6. The number of hydrogen-bond donors (Lipinski definition) is 2. The summed E-state index contributed by atoms with van der Waals surface area (Å²) >= 11 is 0. The molecule has 0 aromatic rings. The van der Waals surface area contributed by atoms with Gasteiger partial charge >= 0.3 is 0 Å². The summed E-state index contributed by atoms with van der Waals surface area (Å²) in [7, 11) is 0. The minimum absolute atomic E-state index is 0.00998. The van der Waals surface area contributed by atoms with Crippen molar-refractivity contribution in [1.29, 1.82) is 0 Å². The van der Waals surface area contributed by atoms with Gasteiger partial charge in [0, 0.05) is 6.42 Å². The lowest BCUT2D eigenvalue weighted by molar-refractivity contribution is -0.123. The number of carbonyl (C=O) groups is 1.